The molecule has 4 nitrogen and oxygen atoms in total. The number of benzene rings is 2. The van der Waals surface area contributed by atoms with Crippen LogP contribution in [0.2, 0.25) is 0 Å². The van der Waals surface area contributed by atoms with Crippen LogP contribution in [0.1, 0.15) is 36.8 Å². The summed E-state index contributed by atoms with van der Waals surface area (Å²) < 4.78 is 0. The van der Waals surface area contributed by atoms with Crippen LogP contribution < -0.4 is 5.32 Å². The lowest BCUT2D eigenvalue weighted by molar-refractivity contribution is -0.135. The molecule has 2 amide bonds. The minimum absolute atomic E-state index is 0.00530. The van der Waals surface area contributed by atoms with E-state index in [1.807, 2.05) is 65.6 Å². The summed E-state index contributed by atoms with van der Waals surface area (Å²) in [7, 11) is 0. The Hall–Kier alpha value is -2.62. The average Bonchev–Trinajstić information content (AvgIpc) is 3.17. The molecule has 1 aliphatic rings. The van der Waals surface area contributed by atoms with Crippen molar-refractivity contribution >= 4 is 11.8 Å². The average molecular weight is 336 g/mol. The zero-order valence-corrected chi connectivity index (χ0v) is 14.5. The third-order valence-corrected chi connectivity index (χ3v) is 4.67. The molecule has 25 heavy (non-hydrogen) atoms. The number of amides is 2. The second-order valence-corrected chi connectivity index (χ2v) is 6.52. The first-order chi connectivity index (χ1) is 12.2. The van der Waals surface area contributed by atoms with Crippen LogP contribution in [0.5, 0.6) is 0 Å². The fourth-order valence-corrected chi connectivity index (χ4v) is 3.36. The van der Waals surface area contributed by atoms with E-state index in [2.05, 4.69) is 5.32 Å². The van der Waals surface area contributed by atoms with E-state index in [-0.39, 0.29) is 11.8 Å². The third kappa shape index (κ3) is 4.08. The largest absolute Gasteiger partial charge is 0.344 e. The monoisotopic (exact) mass is 336 g/mol. The van der Waals surface area contributed by atoms with Gasteiger partial charge in [0.25, 0.3) is 0 Å². The van der Waals surface area contributed by atoms with Crippen molar-refractivity contribution in [3.05, 3.63) is 71.8 Å². The molecule has 0 aromatic heterocycles. The number of nitrogens with zero attached hydrogens (tertiary/aromatic N) is 1. The van der Waals surface area contributed by atoms with Crippen LogP contribution >= 0.6 is 0 Å². The van der Waals surface area contributed by atoms with Gasteiger partial charge in [-0.25, -0.2) is 0 Å². The summed E-state index contributed by atoms with van der Waals surface area (Å²) in [6.07, 6.45) is 2.09. The topological polar surface area (TPSA) is 49.4 Å². The van der Waals surface area contributed by atoms with E-state index in [1.54, 1.807) is 6.92 Å². The predicted octanol–water partition coefficient (Wildman–Crippen LogP) is 2.95. The zero-order valence-electron chi connectivity index (χ0n) is 14.5. The van der Waals surface area contributed by atoms with E-state index in [0.29, 0.717) is 0 Å². The first-order valence-electron chi connectivity index (χ1n) is 8.86. The molecule has 1 aliphatic heterocycles. The number of carbonyl (C=O) groups is 2. The Bertz CT molecular complexity index is 670. The molecule has 0 bridgehead atoms. The summed E-state index contributed by atoms with van der Waals surface area (Å²) in [4.78, 5) is 27.3. The molecule has 130 valence electrons. The molecule has 2 aromatic rings. The lowest BCUT2D eigenvalue weighted by Gasteiger charge is -2.24. The fourth-order valence-electron chi connectivity index (χ4n) is 3.36. The highest BCUT2D eigenvalue weighted by Gasteiger charge is 2.28. The summed E-state index contributed by atoms with van der Waals surface area (Å²) in [5, 5.41) is 2.92. The van der Waals surface area contributed by atoms with E-state index < -0.39 is 12.0 Å². The number of likely N-dealkylation sites (tertiary alicyclic amines) is 1. The van der Waals surface area contributed by atoms with E-state index in [9.17, 15) is 9.59 Å². The molecule has 1 N–H and O–H groups in total. The Kier molecular flexibility index (Phi) is 5.49. The number of carbonyl (C=O) groups excluding carboxylic acids is 2. The normalized spacial score (nSPS) is 15.2. The standard InChI is InChI=1S/C21H24N2O2/c1-16(21(25)23-14-8-9-15-23)22-20(24)19(17-10-4-2-5-11-17)18-12-6-3-7-13-18/h2-7,10-13,16,19H,8-9,14-15H2,1H3,(H,22,24)/t16-/m1/s1. The molecule has 0 unspecified atom stereocenters. The molecular formula is C21H24N2O2. The SMILES string of the molecule is C[C@@H](NC(=O)C(c1ccccc1)c1ccccc1)C(=O)N1CCCC1. The predicted molar refractivity (Wildman–Crippen MR) is 98.1 cm³/mol. The molecule has 2 aromatic carbocycles. The summed E-state index contributed by atoms with van der Waals surface area (Å²) in [6, 6.07) is 18.9. The van der Waals surface area contributed by atoms with Gasteiger partial charge in [0, 0.05) is 13.1 Å². The first kappa shape index (κ1) is 17.2. The molecule has 1 fully saturated rings. The van der Waals surface area contributed by atoms with Crippen LogP contribution in [0.25, 0.3) is 0 Å². The molecule has 0 aliphatic carbocycles. The van der Waals surface area contributed by atoms with Gasteiger partial charge in [-0.05, 0) is 30.9 Å². The van der Waals surface area contributed by atoms with Crippen molar-refractivity contribution in [1.29, 1.82) is 0 Å². The van der Waals surface area contributed by atoms with E-state index in [0.717, 1.165) is 37.1 Å². The fraction of sp³-hybridized carbons (Fsp3) is 0.333. The first-order valence-corrected chi connectivity index (χ1v) is 8.86. The lowest BCUT2D eigenvalue weighted by Crippen LogP contribution is -2.47. The van der Waals surface area contributed by atoms with Gasteiger partial charge in [-0.1, -0.05) is 60.7 Å². The molecular weight excluding hydrogens is 312 g/mol. The minimum Gasteiger partial charge on any atom is -0.344 e. The van der Waals surface area contributed by atoms with Crippen molar-refractivity contribution in [1.82, 2.24) is 10.2 Å². The molecule has 3 rings (SSSR count). The van der Waals surface area contributed by atoms with Gasteiger partial charge in [-0.15, -0.1) is 0 Å². The Morgan fingerprint density at radius 1 is 0.880 bits per heavy atom. The maximum Gasteiger partial charge on any atom is 0.244 e. The summed E-state index contributed by atoms with van der Waals surface area (Å²) >= 11 is 0. The van der Waals surface area contributed by atoms with Crippen molar-refractivity contribution in [2.24, 2.45) is 0 Å². The molecule has 0 spiro atoms. The van der Waals surface area contributed by atoms with Crippen molar-refractivity contribution in [3.8, 4) is 0 Å². The van der Waals surface area contributed by atoms with Gasteiger partial charge >= 0.3 is 0 Å². The summed E-state index contributed by atoms with van der Waals surface area (Å²) in [6.45, 7) is 3.35. The number of hydrogen-bond donors (Lipinski definition) is 1. The molecule has 4 heteroatoms. The quantitative estimate of drug-likeness (QED) is 0.913. The van der Waals surface area contributed by atoms with Gasteiger partial charge in [0.05, 0.1) is 5.92 Å². The molecule has 1 heterocycles. The number of hydrogen-bond acceptors (Lipinski definition) is 2. The number of nitrogens with one attached hydrogen (secondary N) is 1. The molecule has 0 saturated carbocycles. The summed E-state index contributed by atoms with van der Waals surface area (Å²) in [5.41, 5.74) is 1.85. The van der Waals surface area contributed by atoms with Crippen molar-refractivity contribution in [2.75, 3.05) is 13.1 Å². The third-order valence-electron chi connectivity index (χ3n) is 4.67. The van der Waals surface area contributed by atoms with Gasteiger partial charge in [-0.2, -0.15) is 0 Å². The maximum atomic E-state index is 13.0. The Morgan fingerprint density at radius 2 is 1.36 bits per heavy atom. The van der Waals surface area contributed by atoms with Gasteiger partial charge in [0.1, 0.15) is 6.04 Å². The van der Waals surface area contributed by atoms with Gasteiger partial charge in [0.15, 0.2) is 0 Å². The Morgan fingerprint density at radius 3 is 1.84 bits per heavy atom. The second kappa shape index (κ2) is 7.97. The molecule has 1 saturated heterocycles. The van der Waals surface area contributed by atoms with Crippen LogP contribution in [0.3, 0.4) is 0 Å². The highest BCUT2D eigenvalue weighted by Crippen LogP contribution is 2.25. The van der Waals surface area contributed by atoms with E-state index >= 15 is 0 Å². The van der Waals surface area contributed by atoms with Crippen LogP contribution in [0, 0.1) is 0 Å². The van der Waals surface area contributed by atoms with Crippen LogP contribution in [0.4, 0.5) is 0 Å². The van der Waals surface area contributed by atoms with Crippen LogP contribution in [-0.4, -0.2) is 35.8 Å². The molecule has 0 radical (unpaired) electrons. The highest BCUT2D eigenvalue weighted by molar-refractivity contribution is 5.92. The highest BCUT2D eigenvalue weighted by atomic mass is 16.2. The number of rotatable bonds is 5. The Labute approximate surface area is 148 Å². The van der Waals surface area contributed by atoms with Crippen molar-refractivity contribution < 1.29 is 9.59 Å². The van der Waals surface area contributed by atoms with Gasteiger partial charge in [0.2, 0.25) is 11.8 Å². The van der Waals surface area contributed by atoms with Crippen LogP contribution in [0.15, 0.2) is 60.7 Å². The zero-order chi connectivity index (χ0) is 17.6. The van der Waals surface area contributed by atoms with E-state index in [1.165, 1.54) is 0 Å². The van der Waals surface area contributed by atoms with E-state index in [4.69, 9.17) is 0 Å². The summed E-state index contributed by atoms with van der Waals surface area (Å²) in [5.74, 6) is -0.556. The Balaban J connectivity index is 1.79. The maximum absolute atomic E-state index is 13.0. The smallest absolute Gasteiger partial charge is 0.244 e. The molecule has 1 atom stereocenters. The van der Waals surface area contributed by atoms with Gasteiger partial charge in [-0.3, -0.25) is 9.59 Å². The minimum atomic E-state index is -0.513. The lowest BCUT2D eigenvalue weighted by atomic mass is 9.90. The van der Waals surface area contributed by atoms with Crippen molar-refractivity contribution in [3.63, 3.8) is 0 Å². The van der Waals surface area contributed by atoms with Crippen LogP contribution in [-0.2, 0) is 9.59 Å². The second-order valence-electron chi connectivity index (χ2n) is 6.52. The van der Waals surface area contributed by atoms with Crippen molar-refractivity contribution in [2.45, 2.75) is 31.7 Å². The van der Waals surface area contributed by atoms with Gasteiger partial charge < -0.3 is 10.2 Å².